The monoisotopic (exact) mass is 517 g/mol. The van der Waals surface area contributed by atoms with E-state index >= 15 is 0 Å². The first kappa shape index (κ1) is 20.6. The van der Waals surface area contributed by atoms with Crippen LogP contribution in [0.15, 0.2) is 33.0 Å². The van der Waals surface area contributed by atoms with E-state index < -0.39 is 0 Å². The molecule has 8 nitrogen and oxygen atoms in total. The van der Waals surface area contributed by atoms with Crippen molar-refractivity contribution < 1.29 is 14.2 Å². The molecule has 32 heavy (non-hydrogen) atoms. The molecule has 2 N–H and O–H groups in total. The molecule has 3 aliphatic rings. The Morgan fingerprint density at radius 1 is 1.34 bits per heavy atom. The van der Waals surface area contributed by atoms with Gasteiger partial charge in [-0.3, -0.25) is 5.41 Å². The van der Waals surface area contributed by atoms with E-state index in [2.05, 4.69) is 37.4 Å². The number of nitrogens with one attached hydrogen (secondary N) is 2. The molecule has 0 aliphatic carbocycles. The molecule has 10 heteroatoms. The molecule has 3 atom stereocenters. The minimum Gasteiger partial charge on any atom is -0.454 e. The number of aryl methyl sites for hydroxylation is 1. The first-order valence-electron chi connectivity index (χ1n) is 10.9. The second kappa shape index (κ2) is 7.78. The lowest BCUT2D eigenvalue weighted by molar-refractivity contribution is -0.0868. The number of nitrogens with zero attached hydrogens (tertiary/aromatic N) is 3. The van der Waals surface area contributed by atoms with Crippen LogP contribution in [0, 0.1) is 11.3 Å². The molecule has 168 valence electrons. The van der Waals surface area contributed by atoms with Crippen LogP contribution in [0.4, 0.5) is 0 Å². The van der Waals surface area contributed by atoms with Gasteiger partial charge in [0.15, 0.2) is 27.8 Å². The topological polar surface area (TPSA) is 98.0 Å². The largest absolute Gasteiger partial charge is 0.454 e. The molecule has 5 heterocycles. The van der Waals surface area contributed by atoms with Crippen LogP contribution in [0.25, 0.3) is 11.2 Å². The van der Waals surface area contributed by atoms with Gasteiger partial charge in [-0.2, -0.15) is 0 Å². The number of rotatable bonds is 5. The molecule has 2 aromatic heterocycles. The quantitative estimate of drug-likeness (QED) is 0.512. The standard InChI is InChI=1S/C22H24BrN5O3S/c1-22-4-2-13(31-22)6-12(9-22)3-5-28-10-25-19(24)18-20(28)27-21(26-18)32-17-8-16-15(7-14(17)23)29-11-30-16/h7-8,10,12-13,24H,2-6,9,11H2,1H3,(H,26,27). The van der Waals surface area contributed by atoms with Gasteiger partial charge in [0.25, 0.3) is 0 Å². The summed E-state index contributed by atoms with van der Waals surface area (Å²) >= 11 is 5.09. The van der Waals surface area contributed by atoms with Crippen LogP contribution in [0.5, 0.6) is 11.5 Å². The maximum Gasteiger partial charge on any atom is 0.231 e. The number of ether oxygens (including phenoxy) is 3. The number of hydrogen-bond donors (Lipinski definition) is 2. The van der Waals surface area contributed by atoms with E-state index in [9.17, 15) is 0 Å². The lowest BCUT2D eigenvalue weighted by Gasteiger charge is -2.35. The highest BCUT2D eigenvalue weighted by Crippen LogP contribution is 2.45. The van der Waals surface area contributed by atoms with Crippen LogP contribution >= 0.6 is 27.7 Å². The van der Waals surface area contributed by atoms with Gasteiger partial charge >= 0.3 is 0 Å². The zero-order valence-electron chi connectivity index (χ0n) is 17.7. The fraction of sp³-hybridized carbons (Fsp3) is 0.500. The van der Waals surface area contributed by atoms with Crippen molar-refractivity contribution in [1.29, 1.82) is 5.41 Å². The van der Waals surface area contributed by atoms with E-state index in [-0.39, 0.29) is 17.9 Å². The second-order valence-corrected chi connectivity index (χ2v) is 11.0. The highest BCUT2D eigenvalue weighted by Gasteiger charge is 2.43. The second-order valence-electron chi connectivity index (χ2n) is 9.09. The van der Waals surface area contributed by atoms with Gasteiger partial charge in [-0.25, -0.2) is 9.97 Å². The van der Waals surface area contributed by atoms with Gasteiger partial charge in [0.1, 0.15) is 5.52 Å². The third-order valence-corrected chi connectivity index (χ3v) is 8.54. The fourth-order valence-corrected chi connectivity index (χ4v) is 6.55. The number of benzene rings is 1. The van der Waals surface area contributed by atoms with Crippen molar-refractivity contribution in [3.63, 3.8) is 0 Å². The minimum absolute atomic E-state index is 0.0605. The summed E-state index contributed by atoms with van der Waals surface area (Å²) in [5.74, 6) is 2.11. The summed E-state index contributed by atoms with van der Waals surface area (Å²) in [6.45, 7) is 3.33. The molecule has 0 saturated carbocycles. The van der Waals surface area contributed by atoms with E-state index in [1.165, 1.54) is 24.6 Å². The highest BCUT2D eigenvalue weighted by atomic mass is 79.9. The van der Waals surface area contributed by atoms with E-state index in [1.807, 2.05) is 12.1 Å². The van der Waals surface area contributed by atoms with Crippen molar-refractivity contribution in [2.24, 2.45) is 5.92 Å². The van der Waals surface area contributed by atoms with E-state index in [4.69, 9.17) is 24.6 Å². The average Bonchev–Trinajstić information content (AvgIpc) is 3.45. The summed E-state index contributed by atoms with van der Waals surface area (Å²) in [4.78, 5) is 13.4. The summed E-state index contributed by atoms with van der Waals surface area (Å²) in [5, 5.41) is 8.96. The predicted molar refractivity (Wildman–Crippen MR) is 122 cm³/mol. The maximum atomic E-state index is 8.24. The highest BCUT2D eigenvalue weighted by molar-refractivity contribution is 9.10. The van der Waals surface area contributed by atoms with Crippen LogP contribution in [0.1, 0.15) is 39.0 Å². The summed E-state index contributed by atoms with van der Waals surface area (Å²) in [6, 6.07) is 3.85. The Labute approximate surface area is 197 Å². The molecule has 6 rings (SSSR count). The Bertz CT molecular complexity index is 1260. The van der Waals surface area contributed by atoms with Gasteiger partial charge in [-0.1, -0.05) is 11.8 Å². The minimum atomic E-state index is 0.0605. The van der Waals surface area contributed by atoms with Crippen molar-refractivity contribution in [3.05, 3.63) is 28.4 Å². The van der Waals surface area contributed by atoms with Crippen molar-refractivity contribution in [2.45, 2.75) is 67.3 Å². The molecule has 3 aromatic rings. The summed E-state index contributed by atoms with van der Waals surface area (Å²) in [5.41, 5.74) is 1.69. The maximum absolute atomic E-state index is 8.24. The number of aromatic nitrogens is 4. The number of imidazole rings is 1. The molecule has 2 saturated heterocycles. The smallest absolute Gasteiger partial charge is 0.231 e. The van der Waals surface area contributed by atoms with Crippen molar-refractivity contribution >= 4 is 38.9 Å². The Hall–Kier alpha value is -2.04. The van der Waals surface area contributed by atoms with Crippen molar-refractivity contribution in [1.82, 2.24) is 19.5 Å². The molecule has 0 radical (unpaired) electrons. The number of fused-ring (bicyclic) bond motifs is 4. The van der Waals surface area contributed by atoms with Crippen LogP contribution in [0.2, 0.25) is 0 Å². The van der Waals surface area contributed by atoms with Gasteiger partial charge in [0.2, 0.25) is 6.79 Å². The molecule has 3 aliphatic heterocycles. The van der Waals surface area contributed by atoms with E-state index in [1.54, 1.807) is 6.33 Å². The number of hydrogen-bond acceptors (Lipinski definition) is 7. The Morgan fingerprint density at radius 2 is 2.19 bits per heavy atom. The molecule has 0 spiro atoms. The molecule has 2 fully saturated rings. The van der Waals surface area contributed by atoms with Crippen LogP contribution < -0.4 is 15.0 Å². The van der Waals surface area contributed by atoms with Gasteiger partial charge in [-0.15, -0.1) is 0 Å². The predicted octanol–water partition coefficient (Wildman–Crippen LogP) is 4.62. The summed E-state index contributed by atoms with van der Waals surface area (Å²) in [6.07, 6.45) is 7.86. The SMILES string of the molecule is CC12CCC(CC(CCn3cnc(=N)c4[nH]c(Sc5cc6c(cc5Br)OCO6)nc43)C1)O2. The van der Waals surface area contributed by atoms with Gasteiger partial charge < -0.3 is 23.8 Å². The average molecular weight is 518 g/mol. The third kappa shape index (κ3) is 3.72. The number of aromatic amines is 1. The zero-order valence-corrected chi connectivity index (χ0v) is 20.1. The molecular weight excluding hydrogens is 494 g/mol. The number of H-pyrrole nitrogens is 1. The first-order valence-corrected chi connectivity index (χ1v) is 12.5. The van der Waals surface area contributed by atoms with Crippen LogP contribution in [0.3, 0.4) is 0 Å². The Balaban J connectivity index is 1.24. The fourth-order valence-electron chi connectivity index (χ4n) is 5.17. The lowest BCUT2D eigenvalue weighted by atomic mass is 9.86. The van der Waals surface area contributed by atoms with Gasteiger partial charge in [-0.05, 0) is 73.0 Å². The third-order valence-electron chi connectivity index (χ3n) is 6.67. The number of halogens is 1. The van der Waals surface area contributed by atoms with Crippen molar-refractivity contribution in [3.8, 4) is 11.5 Å². The Kier molecular flexibility index (Phi) is 5.00. The molecular formula is C22H24BrN5O3S. The van der Waals surface area contributed by atoms with Gasteiger partial charge in [0.05, 0.1) is 18.0 Å². The zero-order chi connectivity index (χ0) is 21.9. The van der Waals surface area contributed by atoms with Crippen LogP contribution in [-0.4, -0.2) is 38.0 Å². The van der Waals surface area contributed by atoms with Crippen molar-refractivity contribution in [2.75, 3.05) is 6.79 Å². The Morgan fingerprint density at radius 3 is 3.03 bits per heavy atom. The molecule has 2 bridgehead atoms. The summed E-state index contributed by atoms with van der Waals surface area (Å²) < 4.78 is 20.1. The van der Waals surface area contributed by atoms with E-state index in [0.717, 1.165) is 52.3 Å². The van der Waals surface area contributed by atoms with Gasteiger partial charge in [0, 0.05) is 15.9 Å². The first-order chi connectivity index (χ1) is 15.5. The van der Waals surface area contributed by atoms with Crippen LogP contribution in [-0.2, 0) is 11.3 Å². The molecule has 0 amide bonds. The lowest BCUT2D eigenvalue weighted by Crippen LogP contribution is -2.34. The van der Waals surface area contributed by atoms with E-state index in [0.29, 0.717) is 22.7 Å². The molecule has 1 aromatic carbocycles. The summed E-state index contributed by atoms with van der Waals surface area (Å²) in [7, 11) is 0. The molecule has 3 unspecified atom stereocenters. The normalized spacial score (nSPS) is 26.2.